The first-order valence-corrected chi connectivity index (χ1v) is 6.59. The zero-order chi connectivity index (χ0) is 15.1. The topological polar surface area (TPSA) is 45.6 Å². The number of rotatable bonds is 4. The van der Waals surface area contributed by atoms with Crippen LogP contribution in [0.2, 0.25) is 0 Å². The second-order valence-electron chi connectivity index (χ2n) is 4.05. The molecule has 0 radical (unpaired) electrons. The van der Waals surface area contributed by atoms with Crippen molar-refractivity contribution in [1.29, 1.82) is 0 Å². The van der Waals surface area contributed by atoms with Crippen molar-refractivity contribution in [3.8, 4) is 5.75 Å². The average Bonchev–Trinajstić information content (AvgIpc) is 2.50. The predicted octanol–water partition coefficient (Wildman–Crippen LogP) is 3.15. The summed E-state index contributed by atoms with van der Waals surface area (Å²) in [5.74, 6) is 0.325. The summed E-state index contributed by atoms with van der Waals surface area (Å²) >= 11 is 5.11. The molecule has 2 N–H and O–H groups in total. The predicted molar refractivity (Wildman–Crippen MR) is 86.3 cm³/mol. The van der Waals surface area contributed by atoms with Crippen molar-refractivity contribution in [3.05, 3.63) is 59.9 Å². The van der Waals surface area contributed by atoms with Gasteiger partial charge in [-0.05, 0) is 30.4 Å². The molecule has 0 atom stereocenters. The van der Waals surface area contributed by atoms with Crippen LogP contribution in [0.4, 0.5) is 10.1 Å². The third-order valence-corrected chi connectivity index (χ3v) is 2.82. The number of hydrogen-bond acceptors (Lipinski definition) is 3. The van der Waals surface area contributed by atoms with Crippen molar-refractivity contribution in [3.63, 3.8) is 0 Å². The molecular formula is C15H14FN3OS. The third kappa shape index (κ3) is 4.25. The molecule has 0 amide bonds. The maximum atomic E-state index is 13.4. The summed E-state index contributed by atoms with van der Waals surface area (Å²) in [6, 6.07) is 13.7. The molecule has 0 heterocycles. The largest absolute Gasteiger partial charge is 0.495 e. The molecule has 0 aliphatic heterocycles. The first kappa shape index (κ1) is 14.9. The summed E-state index contributed by atoms with van der Waals surface area (Å²) in [6.45, 7) is 0. The summed E-state index contributed by atoms with van der Waals surface area (Å²) in [5, 5.41) is 7.13. The standard InChI is InChI=1S/C15H14FN3OS/c1-20-14-9-5-4-8-13(14)18-15(21)19-17-10-11-6-2-3-7-12(11)16/h2-10H,1H3,(H2,18,19,21). The molecule has 0 saturated carbocycles. The average molecular weight is 303 g/mol. The highest BCUT2D eigenvalue weighted by Gasteiger charge is 2.02. The Morgan fingerprint density at radius 3 is 2.67 bits per heavy atom. The lowest BCUT2D eigenvalue weighted by atomic mass is 10.2. The van der Waals surface area contributed by atoms with Gasteiger partial charge in [0.25, 0.3) is 0 Å². The van der Waals surface area contributed by atoms with Gasteiger partial charge in [0, 0.05) is 5.56 Å². The normalized spacial score (nSPS) is 10.4. The maximum absolute atomic E-state index is 13.4. The van der Waals surface area contributed by atoms with Crippen LogP contribution in [0, 0.1) is 5.82 Å². The lowest BCUT2D eigenvalue weighted by Crippen LogP contribution is -2.24. The summed E-state index contributed by atoms with van der Waals surface area (Å²) in [6.07, 6.45) is 1.37. The van der Waals surface area contributed by atoms with Gasteiger partial charge in [-0.1, -0.05) is 30.3 Å². The van der Waals surface area contributed by atoms with Gasteiger partial charge in [-0.25, -0.2) is 4.39 Å². The first-order chi connectivity index (χ1) is 10.2. The summed E-state index contributed by atoms with van der Waals surface area (Å²) in [4.78, 5) is 0. The number of halogens is 1. The van der Waals surface area contributed by atoms with Gasteiger partial charge in [-0.2, -0.15) is 5.10 Å². The van der Waals surface area contributed by atoms with Gasteiger partial charge >= 0.3 is 0 Å². The van der Waals surface area contributed by atoms with E-state index in [-0.39, 0.29) is 10.9 Å². The third-order valence-electron chi connectivity index (χ3n) is 2.63. The van der Waals surface area contributed by atoms with Crippen molar-refractivity contribution >= 4 is 29.2 Å². The molecule has 0 bridgehead atoms. The Morgan fingerprint density at radius 1 is 1.19 bits per heavy atom. The fourth-order valence-corrected chi connectivity index (χ4v) is 1.80. The highest BCUT2D eigenvalue weighted by Crippen LogP contribution is 2.22. The van der Waals surface area contributed by atoms with E-state index in [1.165, 1.54) is 12.3 Å². The van der Waals surface area contributed by atoms with Crippen LogP contribution in [0.1, 0.15) is 5.56 Å². The van der Waals surface area contributed by atoms with E-state index in [1.54, 1.807) is 25.3 Å². The van der Waals surface area contributed by atoms with Gasteiger partial charge in [-0.15, -0.1) is 0 Å². The number of anilines is 1. The van der Waals surface area contributed by atoms with Gasteiger partial charge in [0.05, 0.1) is 19.0 Å². The highest BCUT2D eigenvalue weighted by molar-refractivity contribution is 7.80. The number of hydrogen-bond donors (Lipinski definition) is 2. The molecule has 21 heavy (non-hydrogen) atoms. The molecule has 0 aromatic heterocycles. The van der Waals surface area contributed by atoms with Crippen molar-refractivity contribution < 1.29 is 9.13 Å². The molecule has 4 nitrogen and oxygen atoms in total. The van der Waals surface area contributed by atoms with E-state index < -0.39 is 0 Å². The molecule has 0 spiro atoms. The van der Waals surface area contributed by atoms with Crippen LogP contribution >= 0.6 is 12.2 Å². The van der Waals surface area contributed by atoms with Gasteiger partial charge < -0.3 is 10.1 Å². The lowest BCUT2D eigenvalue weighted by molar-refractivity contribution is 0.417. The van der Waals surface area contributed by atoms with E-state index in [9.17, 15) is 4.39 Å². The molecule has 0 unspecified atom stereocenters. The van der Waals surface area contributed by atoms with E-state index in [1.807, 2.05) is 24.3 Å². The Bertz CT molecular complexity index is 661. The van der Waals surface area contributed by atoms with E-state index in [0.29, 0.717) is 11.3 Å². The van der Waals surface area contributed by atoms with Crippen LogP contribution in [-0.2, 0) is 0 Å². The quantitative estimate of drug-likeness (QED) is 0.517. The highest BCUT2D eigenvalue weighted by atomic mass is 32.1. The molecule has 2 aromatic rings. The van der Waals surface area contributed by atoms with Crippen molar-refractivity contribution in [1.82, 2.24) is 5.43 Å². The summed E-state index contributed by atoms with van der Waals surface area (Å²) in [5.41, 5.74) is 3.73. The zero-order valence-electron chi connectivity index (χ0n) is 11.3. The number of methoxy groups -OCH3 is 1. The van der Waals surface area contributed by atoms with E-state index in [2.05, 4.69) is 15.8 Å². The number of para-hydroxylation sites is 2. The Labute approximate surface area is 127 Å². The zero-order valence-corrected chi connectivity index (χ0v) is 12.2. The summed E-state index contributed by atoms with van der Waals surface area (Å²) < 4.78 is 18.6. The van der Waals surface area contributed by atoms with Crippen molar-refractivity contribution in [2.75, 3.05) is 12.4 Å². The van der Waals surface area contributed by atoms with Crippen LogP contribution in [0.3, 0.4) is 0 Å². The second kappa shape index (κ2) is 7.35. The Kier molecular flexibility index (Phi) is 5.22. The monoisotopic (exact) mass is 303 g/mol. The minimum absolute atomic E-state index is 0.284. The van der Waals surface area contributed by atoms with Crippen molar-refractivity contribution in [2.45, 2.75) is 0 Å². The van der Waals surface area contributed by atoms with E-state index in [4.69, 9.17) is 17.0 Å². The fraction of sp³-hybridized carbons (Fsp3) is 0.0667. The SMILES string of the molecule is COc1ccccc1NC(=S)NN=Cc1ccccc1F. The number of ether oxygens (including phenoxy) is 1. The van der Waals surface area contributed by atoms with Gasteiger partial charge in [0.2, 0.25) is 0 Å². The van der Waals surface area contributed by atoms with Crippen LogP contribution in [0.25, 0.3) is 0 Å². The molecule has 6 heteroatoms. The molecule has 0 saturated heterocycles. The maximum Gasteiger partial charge on any atom is 0.191 e. The smallest absolute Gasteiger partial charge is 0.191 e. The Hall–Kier alpha value is -2.47. The van der Waals surface area contributed by atoms with Gasteiger partial charge in [-0.3, -0.25) is 5.43 Å². The van der Waals surface area contributed by atoms with Crippen molar-refractivity contribution in [2.24, 2.45) is 5.10 Å². The Balaban J connectivity index is 1.95. The van der Waals surface area contributed by atoms with E-state index in [0.717, 1.165) is 5.69 Å². The number of thiocarbonyl (C=S) groups is 1. The van der Waals surface area contributed by atoms with Gasteiger partial charge in [0.1, 0.15) is 11.6 Å². The molecular weight excluding hydrogens is 289 g/mol. The minimum Gasteiger partial charge on any atom is -0.495 e. The molecule has 108 valence electrons. The van der Waals surface area contributed by atoms with Crippen LogP contribution in [0.5, 0.6) is 5.75 Å². The Morgan fingerprint density at radius 2 is 1.90 bits per heavy atom. The molecule has 0 aliphatic rings. The molecule has 2 aromatic carbocycles. The number of nitrogens with zero attached hydrogens (tertiary/aromatic N) is 1. The van der Waals surface area contributed by atoms with Crippen LogP contribution < -0.4 is 15.5 Å². The second-order valence-corrected chi connectivity index (χ2v) is 4.45. The lowest BCUT2D eigenvalue weighted by Gasteiger charge is -2.10. The molecule has 0 fully saturated rings. The number of hydrazone groups is 1. The molecule has 2 rings (SSSR count). The number of nitrogens with one attached hydrogen (secondary N) is 2. The van der Waals surface area contributed by atoms with Crippen LogP contribution in [-0.4, -0.2) is 18.4 Å². The van der Waals surface area contributed by atoms with E-state index >= 15 is 0 Å². The molecule has 0 aliphatic carbocycles. The first-order valence-electron chi connectivity index (χ1n) is 6.18. The summed E-state index contributed by atoms with van der Waals surface area (Å²) in [7, 11) is 1.58. The van der Waals surface area contributed by atoms with Gasteiger partial charge in [0.15, 0.2) is 5.11 Å². The minimum atomic E-state index is -0.341. The number of benzene rings is 2. The van der Waals surface area contributed by atoms with Crippen LogP contribution in [0.15, 0.2) is 53.6 Å². The fourth-order valence-electron chi connectivity index (χ4n) is 1.64.